The number of carbonyl (C=O) groups excluding carboxylic acids is 1. The fourth-order valence-electron chi connectivity index (χ4n) is 5.95. The lowest BCUT2D eigenvalue weighted by Crippen LogP contribution is -2.50. The maximum Gasteiger partial charge on any atom is 0.416 e. The van der Waals surface area contributed by atoms with Crippen LogP contribution in [0.1, 0.15) is 51.0 Å². The molecule has 3 aromatic rings. The van der Waals surface area contributed by atoms with Crippen LogP contribution < -0.4 is 4.90 Å². The van der Waals surface area contributed by atoms with Crippen LogP contribution in [0, 0.1) is 0 Å². The van der Waals surface area contributed by atoms with Crippen molar-refractivity contribution in [1.29, 1.82) is 0 Å². The van der Waals surface area contributed by atoms with Crippen LogP contribution in [0.5, 0.6) is 0 Å². The Bertz CT molecular complexity index is 1440. The molecule has 4 heterocycles. The summed E-state index contributed by atoms with van der Waals surface area (Å²) in [7, 11) is 3.27. The number of rotatable bonds is 7. The summed E-state index contributed by atoms with van der Waals surface area (Å²) in [5, 5.41) is 7.69. The molecule has 0 N–H and O–H groups in total. The molecule has 0 aliphatic carbocycles. The fraction of sp³-hybridized carbons (Fsp3) is 0.464. The van der Waals surface area contributed by atoms with Gasteiger partial charge in [-0.1, -0.05) is 12.1 Å². The molecule has 0 spiro atoms. The number of anilines is 1. The van der Waals surface area contributed by atoms with Crippen molar-refractivity contribution in [3.63, 3.8) is 0 Å². The molecule has 2 fully saturated rings. The van der Waals surface area contributed by atoms with Crippen molar-refractivity contribution in [2.45, 2.75) is 43.4 Å². The molecule has 12 heteroatoms. The van der Waals surface area contributed by atoms with Crippen molar-refractivity contribution in [1.82, 2.24) is 19.7 Å². The molecule has 2 atom stereocenters. The van der Waals surface area contributed by atoms with Gasteiger partial charge >= 0.3 is 6.18 Å². The average Bonchev–Trinajstić information content (AvgIpc) is 3.62. The second-order valence-corrected chi connectivity index (χ2v) is 10.8. The topological polar surface area (TPSA) is 72.7 Å². The Kier molecular flexibility index (Phi) is 6.67. The van der Waals surface area contributed by atoms with E-state index in [4.69, 9.17) is 9.47 Å². The fourth-order valence-corrected chi connectivity index (χ4v) is 5.95. The number of methoxy groups -OCH3 is 1. The molecule has 2 saturated heterocycles. The maximum absolute atomic E-state index is 15.8. The van der Waals surface area contributed by atoms with E-state index in [1.54, 1.807) is 44.5 Å². The summed E-state index contributed by atoms with van der Waals surface area (Å²) in [6.07, 6.45) is -3.89. The van der Waals surface area contributed by atoms with E-state index in [0.29, 0.717) is 36.4 Å². The summed E-state index contributed by atoms with van der Waals surface area (Å²) in [4.78, 5) is 16.9. The molecule has 6 rings (SSSR count). The summed E-state index contributed by atoms with van der Waals surface area (Å²) in [6, 6.07) is 9.47. The lowest BCUT2D eigenvalue weighted by atomic mass is 9.74. The van der Waals surface area contributed by atoms with E-state index in [1.165, 1.54) is 15.8 Å². The number of hydrogen-bond acceptors (Lipinski definition) is 6. The van der Waals surface area contributed by atoms with Crippen molar-refractivity contribution < 1.29 is 31.8 Å². The number of nitrogens with zero attached hydrogens (tertiary/aromatic N) is 5. The normalized spacial score (nSPS) is 21.5. The first kappa shape index (κ1) is 26.9. The largest absolute Gasteiger partial charge is 0.416 e. The Balaban J connectivity index is 1.32. The minimum absolute atomic E-state index is 0.0434. The van der Waals surface area contributed by atoms with Crippen molar-refractivity contribution in [3.8, 4) is 0 Å². The highest BCUT2D eigenvalue weighted by Gasteiger charge is 2.51. The minimum Gasteiger partial charge on any atom is -0.380 e. The third kappa shape index (κ3) is 4.47. The maximum atomic E-state index is 15.8. The first-order valence-corrected chi connectivity index (χ1v) is 13.1. The van der Waals surface area contributed by atoms with Gasteiger partial charge in [-0.3, -0.25) is 9.69 Å². The molecule has 0 saturated carbocycles. The summed E-state index contributed by atoms with van der Waals surface area (Å²) in [5.74, 6) is -0.366. The molecule has 40 heavy (non-hydrogen) atoms. The van der Waals surface area contributed by atoms with Crippen LogP contribution in [0.3, 0.4) is 0 Å². The smallest absolute Gasteiger partial charge is 0.380 e. The standard InChI is InChI=1S/C28H29F4N5O3/c1-35-16-33-34-25(35)24(29)27(14-40-15-27)18-4-3-5-19(10-18)37-13-22-21(26(37)38)8-17(9-23(22)28(30,31)32)11-36-7-6-20(12-36)39-2/h3-5,8-10,16,20,24H,6-7,11-15H2,1-2H3/t20-,24+/m1/s1. The number of benzene rings is 2. The molecule has 0 radical (unpaired) electrons. The zero-order valence-electron chi connectivity index (χ0n) is 22.1. The van der Waals surface area contributed by atoms with Crippen LogP contribution in [0.25, 0.3) is 0 Å². The van der Waals surface area contributed by atoms with Crippen LogP contribution in [-0.2, 0) is 41.2 Å². The molecule has 1 amide bonds. The first-order valence-electron chi connectivity index (χ1n) is 13.1. The Morgan fingerprint density at radius 1 is 1.23 bits per heavy atom. The van der Waals surface area contributed by atoms with Crippen LogP contribution in [0.2, 0.25) is 0 Å². The predicted molar refractivity (Wildman–Crippen MR) is 136 cm³/mol. The highest BCUT2D eigenvalue weighted by atomic mass is 19.4. The Morgan fingerprint density at radius 2 is 2.02 bits per heavy atom. The SMILES string of the molecule is CO[C@@H]1CCN(Cc2cc3c(c(C(F)(F)F)c2)CN(c2cccc(C4([C@@H](F)c5nncn5C)COC4)c2)C3=O)C1. The van der Waals surface area contributed by atoms with E-state index >= 15 is 4.39 Å². The number of likely N-dealkylation sites (tertiary alicyclic amines) is 1. The van der Waals surface area contributed by atoms with Gasteiger partial charge < -0.3 is 18.9 Å². The number of fused-ring (bicyclic) bond motifs is 1. The zero-order valence-corrected chi connectivity index (χ0v) is 22.1. The van der Waals surface area contributed by atoms with E-state index in [1.807, 2.05) is 4.90 Å². The van der Waals surface area contributed by atoms with Crippen molar-refractivity contribution in [2.75, 3.05) is 38.3 Å². The summed E-state index contributed by atoms with van der Waals surface area (Å²) < 4.78 is 70.7. The molecule has 3 aliphatic rings. The van der Waals surface area contributed by atoms with Gasteiger partial charge in [0.15, 0.2) is 12.0 Å². The van der Waals surface area contributed by atoms with Gasteiger partial charge in [-0.15, -0.1) is 10.2 Å². The molecule has 1 aromatic heterocycles. The van der Waals surface area contributed by atoms with Gasteiger partial charge in [-0.25, -0.2) is 4.39 Å². The van der Waals surface area contributed by atoms with E-state index in [0.717, 1.165) is 12.5 Å². The summed E-state index contributed by atoms with van der Waals surface area (Å²) in [5.41, 5.74) is -0.451. The number of amides is 1. The van der Waals surface area contributed by atoms with Crippen molar-refractivity contribution in [2.24, 2.45) is 7.05 Å². The number of carbonyl (C=O) groups is 1. The first-order chi connectivity index (χ1) is 19.1. The van der Waals surface area contributed by atoms with Crippen molar-refractivity contribution >= 4 is 11.6 Å². The highest BCUT2D eigenvalue weighted by molar-refractivity contribution is 6.10. The quantitative estimate of drug-likeness (QED) is 0.405. The third-order valence-electron chi connectivity index (χ3n) is 8.29. The monoisotopic (exact) mass is 559 g/mol. The average molecular weight is 560 g/mol. The van der Waals surface area contributed by atoms with E-state index < -0.39 is 29.2 Å². The van der Waals surface area contributed by atoms with E-state index in [-0.39, 0.29) is 42.8 Å². The van der Waals surface area contributed by atoms with Gasteiger partial charge in [0.25, 0.3) is 5.91 Å². The predicted octanol–water partition coefficient (Wildman–Crippen LogP) is 4.19. The molecule has 2 aromatic carbocycles. The van der Waals surface area contributed by atoms with Gasteiger partial charge in [-0.2, -0.15) is 13.2 Å². The lowest BCUT2D eigenvalue weighted by Gasteiger charge is -2.43. The number of aryl methyl sites for hydroxylation is 1. The number of alkyl halides is 4. The van der Waals surface area contributed by atoms with E-state index in [9.17, 15) is 18.0 Å². The Labute approximate surface area is 228 Å². The van der Waals surface area contributed by atoms with Crippen molar-refractivity contribution in [3.05, 3.63) is 76.4 Å². The second kappa shape index (κ2) is 9.93. The zero-order chi connectivity index (χ0) is 28.2. The van der Waals surface area contributed by atoms with Crippen LogP contribution >= 0.6 is 0 Å². The highest BCUT2D eigenvalue weighted by Crippen LogP contribution is 2.47. The molecular formula is C28H29F4N5O3. The van der Waals surface area contributed by atoms with Gasteiger partial charge in [0.2, 0.25) is 0 Å². The molecular weight excluding hydrogens is 530 g/mol. The lowest BCUT2D eigenvalue weighted by molar-refractivity contribution is -0.138. The Morgan fingerprint density at radius 3 is 2.65 bits per heavy atom. The summed E-state index contributed by atoms with van der Waals surface area (Å²) in [6.45, 7) is 1.59. The van der Waals surface area contributed by atoms with Crippen LogP contribution in [0.15, 0.2) is 42.7 Å². The molecule has 8 nitrogen and oxygen atoms in total. The van der Waals surface area contributed by atoms with Crippen LogP contribution in [0.4, 0.5) is 23.2 Å². The van der Waals surface area contributed by atoms with Gasteiger partial charge in [0.05, 0.1) is 36.8 Å². The van der Waals surface area contributed by atoms with Gasteiger partial charge in [-0.05, 0) is 47.4 Å². The van der Waals surface area contributed by atoms with Crippen LogP contribution in [-0.4, -0.2) is 65.1 Å². The molecule has 212 valence electrons. The third-order valence-corrected chi connectivity index (χ3v) is 8.29. The number of halogens is 4. The molecule has 3 aliphatic heterocycles. The second-order valence-electron chi connectivity index (χ2n) is 10.8. The van der Waals surface area contributed by atoms with Gasteiger partial charge in [0, 0.05) is 45.0 Å². The number of ether oxygens (including phenoxy) is 2. The van der Waals surface area contributed by atoms with E-state index in [2.05, 4.69) is 10.2 Å². The minimum atomic E-state index is -4.62. The van der Waals surface area contributed by atoms with Gasteiger partial charge in [0.1, 0.15) is 6.33 Å². The number of aromatic nitrogens is 3. The Hall–Kier alpha value is -3.35. The molecule has 0 bridgehead atoms. The molecule has 0 unspecified atom stereocenters. The number of hydrogen-bond donors (Lipinski definition) is 0. The summed E-state index contributed by atoms with van der Waals surface area (Å²) >= 11 is 0.